The van der Waals surface area contributed by atoms with Crippen molar-refractivity contribution in [3.8, 4) is 0 Å². The molecule has 0 amide bonds. The van der Waals surface area contributed by atoms with Gasteiger partial charge in [0.2, 0.25) is 0 Å². The number of aromatic nitrogens is 3. The topological polar surface area (TPSA) is 62.7 Å². The molecule has 0 aliphatic rings. The molecule has 2 aromatic heterocycles. The summed E-state index contributed by atoms with van der Waals surface area (Å²) in [5.74, 6) is 2.48. The van der Waals surface area contributed by atoms with Gasteiger partial charge in [0.05, 0.1) is 16.7 Å². The molecule has 114 valence electrons. The maximum Gasteiger partial charge on any atom is 0.132 e. The zero-order valence-corrected chi connectivity index (χ0v) is 14.1. The fourth-order valence-electron chi connectivity index (χ4n) is 2.22. The van der Waals surface area contributed by atoms with Crippen LogP contribution in [0.5, 0.6) is 0 Å². The van der Waals surface area contributed by atoms with Gasteiger partial charge in [-0.25, -0.2) is 15.0 Å². The first-order chi connectivity index (χ1) is 9.99. The molecule has 0 spiro atoms. The molecule has 1 unspecified atom stereocenters. The van der Waals surface area contributed by atoms with Crippen LogP contribution in [0.2, 0.25) is 0 Å². The van der Waals surface area contributed by atoms with Crippen LogP contribution in [0.4, 0.5) is 11.6 Å². The second-order valence-corrected chi connectivity index (χ2v) is 6.40. The second-order valence-electron chi connectivity index (χ2n) is 5.16. The quantitative estimate of drug-likeness (QED) is 0.848. The Morgan fingerprint density at radius 2 is 1.86 bits per heavy atom. The van der Waals surface area contributed by atoms with E-state index in [4.69, 9.17) is 0 Å². The number of aryl methyl sites for hydroxylation is 3. The lowest BCUT2D eigenvalue weighted by Crippen LogP contribution is -2.10. The molecule has 0 saturated heterocycles. The van der Waals surface area contributed by atoms with Crippen molar-refractivity contribution in [3.63, 3.8) is 0 Å². The van der Waals surface area contributed by atoms with E-state index in [1.807, 2.05) is 19.9 Å². The third-order valence-corrected chi connectivity index (χ3v) is 4.35. The van der Waals surface area contributed by atoms with Crippen molar-refractivity contribution in [2.75, 3.05) is 17.2 Å². The molecule has 6 heteroatoms. The van der Waals surface area contributed by atoms with Crippen molar-refractivity contribution < 1.29 is 0 Å². The Morgan fingerprint density at radius 1 is 1.14 bits per heavy atom. The molecule has 0 saturated carbocycles. The highest BCUT2D eigenvalue weighted by Gasteiger charge is 2.14. The monoisotopic (exact) mass is 305 g/mol. The third-order valence-electron chi connectivity index (χ3n) is 3.09. The number of nitrogens with zero attached hydrogens (tertiary/aromatic N) is 3. The van der Waals surface area contributed by atoms with E-state index in [-0.39, 0.29) is 6.04 Å². The van der Waals surface area contributed by atoms with E-state index in [1.54, 1.807) is 11.3 Å². The van der Waals surface area contributed by atoms with E-state index in [0.717, 1.165) is 41.1 Å². The molecule has 0 aliphatic carbocycles. The average Bonchev–Trinajstić information content (AvgIpc) is 2.75. The van der Waals surface area contributed by atoms with E-state index < -0.39 is 0 Å². The number of hydrogen-bond donors (Lipinski definition) is 2. The predicted molar refractivity (Wildman–Crippen MR) is 89.2 cm³/mol. The Labute approximate surface area is 130 Å². The summed E-state index contributed by atoms with van der Waals surface area (Å²) in [7, 11) is 0. The summed E-state index contributed by atoms with van der Waals surface area (Å²) in [4.78, 5) is 14.6. The van der Waals surface area contributed by atoms with Crippen molar-refractivity contribution in [2.45, 2.75) is 47.1 Å². The SMILES string of the molecule is CCCNc1cc(NC(C)c2sc(C)nc2C)nc(C)n1. The van der Waals surface area contributed by atoms with Crippen molar-refractivity contribution in [1.29, 1.82) is 0 Å². The number of anilines is 2. The van der Waals surface area contributed by atoms with Crippen LogP contribution >= 0.6 is 11.3 Å². The van der Waals surface area contributed by atoms with Crippen LogP contribution in [-0.4, -0.2) is 21.5 Å². The van der Waals surface area contributed by atoms with Crippen LogP contribution in [0, 0.1) is 20.8 Å². The lowest BCUT2D eigenvalue weighted by atomic mass is 10.2. The van der Waals surface area contributed by atoms with Crippen molar-refractivity contribution in [3.05, 3.63) is 27.5 Å². The summed E-state index contributed by atoms with van der Waals surface area (Å²) in [6, 6.07) is 2.15. The smallest absolute Gasteiger partial charge is 0.132 e. The van der Waals surface area contributed by atoms with Crippen LogP contribution in [-0.2, 0) is 0 Å². The minimum atomic E-state index is 0.185. The van der Waals surface area contributed by atoms with Crippen LogP contribution in [0.1, 0.15) is 47.7 Å². The van der Waals surface area contributed by atoms with Gasteiger partial charge in [-0.1, -0.05) is 6.92 Å². The fourth-order valence-corrected chi connectivity index (χ4v) is 3.15. The molecule has 2 N–H and O–H groups in total. The first kappa shape index (κ1) is 15.7. The maximum absolute atomic E-state index is 4.48. The van der Waals surface area contributed by atoms with Crippen molar-refractivity contribution in [1.82, 2.24) is 15.0 Å². The fraction of sp³-hybridized carbons (Fsp3) is 0.533. The maximum atomic E-state index is 4.48. The van der Waals surface area contributed by atoms with Crippen LogP contribution in [0.3, 0.4) is 0 Å². The molecular formula is C15H23N5S. The summed E-state index contributed by atoms with van der Waals surface area (Å²) >= 11 is 1.73. The van der Waals surface area contributed by atoms with Gasteiger partial charge in [-0.2, -0.15) is 0 Å². The Hall–Kier alpha value is -1.69. The van der Waals surface area contributed by atoms with E-state index in [1.165, 1.54) is 4.88 Å². The van der Waals surface area contributed by atoms with E-state index in [2.05, 4.69) is 46.4 Å². The predicted octanol–water partition coefficient (Wildman–Crippen LogP) is 3.85. The molecule has 0 aromatic carbocycles. The van der Waals surface area contributed by atoms with Crippen LogP contribution < -0.4 is 10.6 Å². The van der Waals surface area contributed by atoms with Gasteiger partial charge in [-0.05, 0) is 34.1 Å². The van der Waals surface area contributed by atoms with Gasteiger partial charge in [0.25, 0.3) is 0 Å². The molecule has 2 rings (SSSR count). The van der Waals surface area contributed by atoms with Crippen LogP contribution in [0.25, 0.3) is 0 Å². The minimum Gasteiger partial charge on any atom is -0.370 e. The summed E-state index contributed by atoms with van der Waals surface area (Å²) in [6.07, 6.45) is 1.07. The van der Waals surface area contributed by atoms with Gasteiger partial charge in [-0.3, -0.25) is 0 Å². The van der Waals surface area contributed by atoms with E-state index >= 15 is 0 Å². The second kappa shape index (κ2) is 6.85. The zero-order valence-electron chi connectivity index (χ0n) is 13.3. The lowest BCUT2D eigenvalue weighted by molar-refractivity contribution is 0.870. The minimum absolute atomic E-state index is 0.185. The first-order valence-electron chi connectivity index (χ1n) is 7.29. The summed E-state index contributed by atoms with van der Waals surface area (Å²) < 4.78 is 0. The number of thiazole rings is 1. The first-order valence-corrected chi connectivity index (χ1v) is 8.11. The Kier molecular flexibility index (Phi) is 5.12. The number of hydrogen-bond acceptors (Lipinski definition) is 6. The summed E-state index contributed by atoms with van der Waals surface area (Å²) in [6.45, 7) is 11.2. The lowest BCUT2D eigenvalue weighted by Gasteiger charge is -2.15. The highest BCUT2D eigenvalue weighted by molar-refractivity contribution is 7.11. The highest BCUT2D eigenvalue weighted by Crippen LogP contribution is 2.27. The van der Waals surface area contributed by atoms with Crippen LogP contribution in [0.15, 0.2) is 6.07 Å². The van der Waals surface area contributed by atoms with Gasteiger partial charge in [0.1, 0.15) is 17.5 Å². The van der Waals surface area contributed by atoms with Gasteiger partial charge < -0.3 is 10.6 Å². The van der Waals surface area contributed by atoms with Gasteiger partial charge in [0.15, 0.2) is 0 Å². The van der Waals surface area contributed by atoms with Crippen molar-refractivity contribution in [2.24, 2.45) is 0 Å². The van der Waals surface area contributed by atoms with E-state index in [0.29, 0.717) is 0 Å². The summed E-state index contributed by atoms with van der Waals surface area (Å²) in [5.41, 5.74) is 1.09. The van der Waals surface area contributed by atoms with E-state index in [9.17, 15) is 0 Å². The standard InChI is InChI=1S/C15H23N5S/c1-6-7-16-13-8-14(20-11(4)19-13)18-10(3)15-9(2)17-12(5)21-15/h8,10H,6-7H2,1-5H3,(H2,16,18,19,20). The molecular weight excluding hydrogens is 282 g/mol. The molecule has 0 fully saturated rings. The zero-order chi connectivity index (χ0) is 15.4. The molecule has 5 nitrogen and oxygen atoms in total. The molecule has 1 atom stereocenters. The van der Waals surface area contributed by atoms with Crippen molar-refractivity contribution >= 4 is 23.0 Å². The number of rotatable bonds is 6. The number of nitrogens with one attached hydrogen (secondary N) is 2. The molecule has 0 aliphatic heterocycles. The molecule has 21 heavy (non-hydrogen) atoms. The summed E-state index contributed by atoms with van der Waals surface area (Å²) in [5, 5.41) is 7.85. The molecule has 0 bridgehead atoms. The molecule has 0 radical (unpaired) electrons. The van der Waals surface area contributed by atoms with Gasteiger partial charge in [0, 0.05) is 17.5 Å². The Morgan fingerprint density at radius 3 is 2.48 bits per heavy atom. The highest BCUT2D eigenvalue weighted by atomic mass is 32.1. The average molecular weight is 305 g/mol. The van der Waals surface area contributed by atoms with Gasteiger partial charge >= 0.3 is 0 Å². The largest absolute Gasteiger partial charge is 0.370 e. The third kappa shape index (κ3) is 4.14. The Bertz CT molecular complexity index is 608. The Balaban J connectivity index is 2.14. The molecule has 2 heterocycles. The normalized spacial score (nSPS) is 12.2. The molecule has 2 aromatic rings. The van der Waals surface area contributed by atoms with Gasteiger partial charge in [-0.15, -0.1) is 11.3 Å².